The Morgan fingerprint density at radius 2 is 1.00 bits per heavy atom. The van der Waals surface area contributed by atoms with Crippen LogP contribution in [-0.4, -0.2) is 6.16 Å². The summed E-state index contributed by atoms with van der Waals surface area (Å²) in [5, 5.41) is 16.7. The van der Waals surface area contributed by atoms with Gasteiger partial charge in [-0.3, -0.25) is 0 Å². The van der Waals surface area contributed by atoms with E-state index in [4.69, 9.17) is 15.0 Å². The lowest BCUT2D eigenvalue weighted by atomic mass is 10.3. The molecule has 0 N–H and O–H groups in total. The van der Waals surface area contributed by atoms with Crippen molar-refractivity contribution in [2.24, 2.45) is 0 Å². The molecule has 0 saturated heterocycles. The van der Waals surface area contributed by atoms with E-state index in [1.165, 1.54) is 25.7 Å². The highest BCUT2D eigenvalue weighted by atomic mass is 16.6. The van der Waals surface area contributed by atoms with Crippen molar-refractivity contribution in [2.45, 2.75) is 52.6 Å². The van der Waals surface area contributed by atoms with Gasteiger partial charge in [-0.05, 0) is 6.16 Å². The van der Waals surface area contributed by atoms with Crippen LogP contribution in [-0.2, 0) is 13.1 Å². The predicted molar refractivity (Wildman–Crippen MR) is 88.5 cm³/mol. The molecule has 0 amide bonds. The van der Waals surface area contributed by atoms with Crippen LogP contribution in [0.15, 0.2) is 61.2 Å². The fraction of sp³-hybridized carbons (Fsp3) is 0.421. The summed E-state index contributed by atoms with van der Waals surface area (Å²) in [7, 11) is 0. The van der Waals surface area contributed by atoms with Crippen LogP contribution in [0.3, 0.4) is 0 Å². The van der Waals surface area contributed by atoms with Crippen LogP contribution < -0.4 is 19.3 Å². The topological polar surface area (TPSA) is 71.0 Å². The third kappa shape index (κ3) is 14.5. The van der Waals surface area contributed by atoms with Gasteiger partial charge in [0.05, 0.1) is 0 Å². The summed E-state index contributed by atoms with van der Waals surface area (Å²) in [6.45, 7) is 6.72. The first-order valence-electron chi connectivity index (χ1n) is 8.36. The third-order valence-electron chi connectivity index (χ3n) is 3.09. The molecule has 2 aromatic heterocycles. The maximum Gasteiger partial charge on any atom is 0.168 e. The molecule has 132 valence electrons. The Labute approximate surface area is 144 Å². The van der Waals surface area contributed by atoms with Gasteiger partial charge in [0.25, 0.3) is 0 Å². The lowest BCUT2D eigenvalue weighted by Gasteiger charge is -1.96. The number of aryl methyl sites for hydroxylation is 2. The monoisotopic (exact) mass is 332 g/mol. The van der Waals surface area contributed by atoms with Crippen LogP contribution in [0.4, 0.5) is 4.79 Å². The molecule has 0 aliphatic rings. The summed E-state index contributed by atoms with van der Waals surface area (Å²) < 4.78 is 4.42. The summed E-state index contributed by atoms with van der Waals surface area (Å²) in [6.07, 6.45) is 11.2. The number of hydrogen-bond acceptors (Lipinski definition) is 3. The molecule has 5 nitrogen and oxygen atoms in total. The van der Waals surface area contributed by atoms with Gasteiger partial charge in [0.15, 0.2) is 24.8 Å². The first-order chi connectivity index (χ1) is 11.6. The minimum absolute atomic E-state index is 1.15. The fourth-order valence-corrected chi connectivity index (χ4v) is 1.85. The van der Waals surface area contributed by atoms with Crippen molar-refractivity contribution in [3.63, 3.8) is 0 Å². The highest BCUT2D eigenvalue weighted by Gasteiger charge is 1.94. The number of carboxylic acid groups (broad SMARTS) is 2. The van der Waals surface area contributed by atoms with Gasteiger partial charge < -0.3 is 15.0 Å². The van der Waals surface area contributed by atoms with Gasteiger partial charge >= 0.3 is 0 Å². The molecule has 0 radical (unpaired) electrons. The van der Waals surface area contributed by atoms with Crippen molar-refractivity contribution in [2.75, 3.05) is 0 Å². The molecular formula is C19H28N2O3. The van der Waals surface area contributed by atoms with E-state index < -0.39 is 6.16 Å². The summed E-state index contributed by atoms with van der Waals surface area (Å²) in [6, 6.07) is 12.3. The molecule has 0 unspecified atom stereocenters. The van der Waals surface area contributed by atoms with E-state index in [1.807, 2.05) is 12.1 Å². The van der Waals surface area contributed by atoms with Crippen LogP contribution in [0.1, 0.15) is 39.5 Å². The molecule has 2 rings (SSSR count). The van der Waals surface area contributed by atoms with Gasteiger partial charge in [-0.15, -0.1) is 0 Å². The molecule has 0 bridgehead atoms. The third-order valence-corrected chi connectivity index (χ3v) is 3.09. The van der Waals surface area contributed by atoms with E-state index in [9.17, 15) is 0 Å². The second-order valence-corrected chi connectivity index (χ2v) is 5.18. The zero-order chi connectivity index (χ0) is 18.0. The van der Waals surface area contributed by atoms with Crippen LogP contribution >= 0.6 is 0 Å². The predicted octanol–water partition coefficient (Wildman–Crippen LogP) is 1.10. The summed E-state index contributed by atoms with van der Waals surface area (Å²) >= 11 is 0. The SMILES string of the molecule is CCCC[n+]1ccccc1.CCCC[n+]1ccccc1.O=C([O-])[O-]. The van der Waals surface area contributed by atoms with Crippen molar-refractivity contribution < 1.29 is 24.1 Å². The maximum absolute atomic E-state index is 8.33. The number of aromatic nitrogens is 2. The lowest BCUT2D eigenvalue weighted by Crippen LogP contribution is -2.37. The molecule has 5 heteroatoms. The van der Waals surface area contributed by atoms with Gasteiger partial charge in [0, 0.05) is 37.1 Å². The van der Waals surface area contributed by atoms with Crippen molar-refractivity contribution in [3.8, 4) is 0 Å². The van der Waals surface area contributed by atoms with Gasteiger partial charge in [-0.25, -0.2) is 9.13 Å². The normalized spacial score (nSPS) is 9.08. The fourth-order valence-electron chi connectivity index (χ4n) is 1.85. The van der Waals surface area contributed by atoms with Crippen LogP contribution in [0, 0.1) is 0 Å². The number of carbonyl (C=O) groups is 1. The van der Waals surface area contributed by atoms with E-state index >= 15 is 0 Å². The zero-order valence-corrected chi connectivity index (χ0v) is 14.6. The number of carbonyl (C=O) groups excluding carboxylic acids is 1. The molecule has 0 fully saturated rings. The van der Waals surface area contributed by atoms with E-state index in [1.54, 1.807) is 0 Å². The Morgan fingerprint density at radius 3 is 1.25 bits per heavy atom. The van der Waals surface area contributed by atoms with Gasteiger partial charge in [0.2, 0.25) is 0 Å². The number of rotatable bonds is 6. The molecule has 0 aliphatic carbocycles. The minimum Gasteiger partial charge on any atom is -0.652 e. The zero-order valence-electron chi connectivity index (χ0n) is 14.6. The summed E-state index contributed by atoms with van der Waals surface area (Å²) in [4.78, 5) is 8.33. The average Bonchev–Trinajstić information content (AvgIpc) is 2.60. The quantitative estimate of drug-likeness (QED) is 0.744. The molecular weight excluding hydrogens is 304 g/mol. The van der Waals surface area contributed by atoms with Gasteiger partial charge in [-0.1, -0.05) is 38.8 Å². The maximum atomic E-state index is 8.33. The number of pyridine rings is 2. The van der Waals surface area contributed by atoms with Crippen LogP contribution in [0.2, 0.25) is 0 Å². The first kappa shape index (κ1) is 21.6. The van der Waals surface area contributed by atoms with E-state index in [-0.39, 0.29) is 0 Å². The Kier molecular flexibility index (Phi) is 13.9. The smallest absolute Gasteiger partial charge is 0.168 e. The van der Waals surface area contributed by atoms with Gasteiger partial charge in [-0.2, -0.15) is 0 Å². The molecule has 0 aliphatic heterocycles. The number of nitrogens with zero attached hydrogens (tertiary/aromatic N) is 2. The molecule has 2 aromatic rings. The Balaban J connectivity index is 0.000000363. The highest BCUT2D eigenvalue weighted by molar-refractivity contribution is 5.47. The van der Waals surface area contributed by atoms with E-state index in [0.717, 1.165) is 13.1 Å². The van der Waals surface area contributed by atoms with Crippen molar-refractivity contribution in [1.82, 2.24) is 0 Å². The summed E-state index contributed by atoms with van der Waals surface area (Å²) in [5.74, 6) is 0. The van der Waals surface area contributed by atoms with Crippen LogP contribution in [0.25, 0.3) is 0 Å². The highest BCUT2D eigenvalue weighted by Crippen LogP contribution is 1.86. The average molecular weight is 332 g/mol. The number of unbranched alkanes of at least 4 members (excludes halogenated alkanes) is 2. The second kappa shape index (κ2) is 15.5. The Morgan fingerprint density at radius 1 is 0.708 bits per heavy atom. The standard InChI is InChI=1S/2C9H14N.CH2O3/c2*1-2-3-7-10-8-5-4-6-9-10;2-1(3)4/h2*4-6,8-9H,2-3,7H2,1H3;(H2,2,3,4)/q2*+1;/p-2. The summed E-state index contributed by atoms with van der Waals surface area (Å²) in [5.41, 5.74) is 0. The van der Waals surface area contributed by atoms with Crippen molar-refractivity contribution in [1.29, 1.82) is 0 Å². The van der Waals surface area contributed by atoms with Crippen molar-refractivity contribution in [3.05, 3.63) is 61.2 Å². The van der Waals surface area contributed by atoms with Gasteiger partial charge in [0.1, 0.15) is 13.1 Å². The lowest BCUT2D eigenvalue weighted by molar-refractivity contribution is -0.697. The molecule has 2 heterocycles. The minimum atomic E-state index is -2.33. The molecule has 0 aromatic carbocycles. The molecule has 24 heavy (non-hydrogen) atoms. The molecule has 0 spiro atoms. The number of hydrogen-bond donors (Lipinski definition) is 0. The molecule has 0 saturated carbocycles. The van der Waals surface area contributed by atoms with E-state index in [0.29, 0.717) is 0 Å². The van der Waals surface area contributed by atoms with Crippen molar-refractivity contribution >= 4 is 6.16 Å². The van der Waals surface area contributed by atoms with E-state index in [2.05, 4.69) is 72.0 Å². The molecule has 0 atom stereocenters. The van der Waals surface area contributed by atoms with Crippen LogP contribution in [0.5, 0.6) is 0 Å². The Hall–Kier alpha value is -2.43. The largest absolute Gasteiger partial charge is 0.652 e. The second-order valence-electron chi connectivity index (χ2n) is 5.18. The first-order valence-corrected chi connectivity index (χ1v) is 8.36. The Bertz CT molecular complexity index is 471.